The van der Waals surface area contributed by atoms with Gasteiger partial charge < -0.3 is 24.5 Å². The fourth-order valence-electron chi connectivity index (χ4n) is 2.15. The van der Waals surface area contributed by atoms with E-state index in [0.29, 0.717) is 28.0 Å². The van der Waals surface area contributed by atoms with E-state index >= 15 is 0 Å². The first kappa shape index (κ1) is 17.3. The molecule has 0 unspecified atom stereocenters. The summed E-state index contributed by atoms with van der Waals surface area (Å²) in [5.41, 5.74) is 0.490. The summed E-state index contributed by atoms with van der Waals surface area (Å²) in [7, 11) is 3.01. The molecule has 2 aromatic rings. The summed E-state index contributed by atoms with van der Waals surface area (Å²) < 4.78 is 15.0. The Bertz CT molecular complexity index is 827. The number of aromatic nitrogens is 1. The van der Waals surface area contributed by atoms with Crippen LogP contribution in [-0.2, 0) is 20.9 Å². The quantitative estimate of drug-likeness (QED) is 0.616. The molecule has 0 bridgehead atoms. The highest BCUT2D eigenvalue weighted by Gasteiger charge is 2.15. The van der Waals surface area contributed by atoms with Crippen molar-refractivity contribution in [3.63, 3.8) is 0 Å². The zero-order valence-electron chi connectivity index (χ0n) is 13.6. The number of nitrogens with one attached hydrogen (secondary N) is 2. The van der Waals surface area contributed by atoms with E-state index in [2.05, 4.69) is 15.0 Å². The monoisotopic (exact) mass is 334 g/mol. The number of rotatable bonds is 5. The molecule has 0 aliphatic heterocycles. The number of esters is 1. The second kappa shape index (κ2) is 7.49. The minimum absolute atomic E-state index is 0.0999. The van der Waals surface area contributed by atoms with Gasteiger partial charge >= 0.3 is 11.9 Å². The van der Waals surface area contributed by atoms with Crippen LogP contribution in [0.2, 0.25) is 0 Å². The van der Waals surface area contributed by atoms with E-state index in [-0.39, 0.29) is 18.7 Å². The first-order valence-corrected chi connectivity index (χ1v) is 7.23. The Morgan fingerprint density at radius 3 is 2.42 bits per heavy atom. The minimum Gasteiger partial charge on any atom is -0.493 e. The Kier molecular flexibility index (Phi) is 5.41. The van der Waals surface area contributed by atoms with Crippen molar-refractivity contribution in [1.29, 1.82) is 0 Å². The average molecular weight is 334 g/mol. The van der Waals surface area contributed by atoms with Crippen LogP contribution in [0.5, 0.6) is 11.5 Å². The highest BCUT2D eigenvalue weighted by atomic mass is 16.5. The predicted octanol–water partition coefficient (Wildman–Crippen LogP) is 0.725. The van der Waals surface area contributed by atoms with Crippen LogP contribution in [0.25, 0.3) is 10.9 Å². The molecule has 0 aliphatic carbocycles. The van der Waals surface area contributed by atoms with Crippen LogP contribution in [-0.4, -0.2) is 37.7 Å². The van der Waals surface area contributed by atoms with Crippen molar-refractivity contribution in [2.45, 2.75) is 13.5 Å². The van der Waals surface area contributed by atoms with Crippen molar-refractivity contribution in [2.75, 3.05) is 20.8 Å². The zero-order chi connectivity index (χ0) is 17.7. The number of amides is 1. The molecule has 0 radical (unpaired) electrons. The smallest absolute Gasteiger partial charge is 0.396 e. The standard InChI is InChI=1S/C16H18N2O6/c1-4-24-16(21)15(20)17-8-10-5-9-6-12(22-2)13(23-3)7-11(9)18-14(10)19/h5-7H,4,8H2,1-3H3,(H,17,20)(H,18,19). The van der Waals surface area contributed by atoms with E-state index in [4.69, 9.17) is 9.47 Å². The third-order valence-corrected chi connectivity index (χ3v) is 3.33. The molecule has 1 heterocycles. The van der Waals surface area contributed by atoms with Gasteiger partial charge in [0.2, 0.25) is 0 Å². The molecule has 1 aromatic heterocycles. The van der Waals surface area contributed by atoms with Crippen molar-refractivity contribution < 1.29 is 23.8 Å². The van der Waals surface area contributed by atoms with Gasteiger partial charge in [0.05, 0.1) is 26.3 Å². The van der Waals surface area contributed by atoms with Gasteiger partial charge in [-0.2, -0.15) is 0 Å². The highest BCUT2D eigenvalue weighted by Crippen LogP contribution is 2.30. The summed E-state index contributed by atoms with van der Waals surface area (Å²) >= 11 is 0. The largest absolute Gasteiger partial charge is 0.493 e. The molecule has 2 N–H and O–H groups in total. The molecule has 128 valence electrons. The molecule has 0 fully saturated rings. The SMILES string of the molecule is CCOC(=O)C(=O)NCc1cc2cc(OC)c(OC)cc2[nH]c1=O. The summed E-state index contributed by atoms with van der Waals surface area (Å²) in [5.74, 6) is -0.882. The van der Waals surface area contributed by atoms with Crippen LogP contribution in [0, 0.1) is 0 Å². The van der Waals surface area contributed by atoms with Crippen LogP contribution in [0.4, 0.5) is 0 Å². The predicted molar refractivity (Wildman–Crippen MR) is 86.2 cm³/mol. The van der Waals surface area contributed by atoms with Crippen molar-refractivity contribution in [3.8, 4) is 11.5 Å². The summed E-state index contributed by atoms with van der Waals surface area (Å²) in [4.78, 5) is 37.6. The van der Waals surface area contributed by atoms with Crippen LogP contribution in [0.15, 0.2) is 23.0 Å². The second-order valence-electron chi connectivity index (χ2n) is 4.82. The third kappa shape index (κ3) is 3.65. The number of aromatic amines is 1. The van der Waals surface area contributed by atoms with Crippen molar-refractivity contribution in [2.24, 2.45) is 0 Å². The molecule has 8 heteroatoms. The van der Waals surface area contributed by atoms with E-state index < -0.39 is 11.9 Å². The topological polar surface area (TPSA) is 107 Å². The number of hydrogen-bond acceptors (Lipinski definition) is 6. The summed E-state index contributed by atoms with van der Waals surface area (Å²) in [6, 6.07) is 4.97. The first-order valence-electron chi connectivity index (χ1n) is 7.23. The van der Waals surface area contributed by atoms with Crippen molar-refractivity contribution in [1.82, 2.24) is 10.3 Å². The van der Waals surface area contributed by atoms with Gasteiger partial charge in [0.1, 0.15) is 0 Å². The lowest BCUT2D eigenvalue weighted by Crippen LogP contribution is -2.33. The molecule has 0 saturated heterocycles. The van der Waals surface area contributed by atoms with Gasteiger partial charge in [-0.15, -0.1) is 0 Å². The fourth-order valence-corrected chi connectivity index (χ4v) is 2.15. The number of carbonyl (C=O) groups is 2. The summed E-state index contributed by atoms with van der Waals surface area (Å²) in [5, 5.41) is 3.05. The van der Waals surface area contributed by atoms with Gasteiger partial charge in [0, 0.05) is 23.6 Å². The number of H-pyrrole nitrogens is 1. The Hall–Kier alpha value is -3.03. The molecule has 8 nitrogen and oxygen atoms in total. The van der Waals surface area contributed by atoms with Crippen LogP contribution in [0.3, 0.4) is 0 Å². The van der Waals surface area contributed by atoms with Gasteiger partial charge in [-0.25, -0.2) is 4.79 Å². The fraction of sp³-hybridized carbons (Fsp3) is 0.312. The lowest BCUT2D eigenvalue weighted by atomic mass is 10.1. The first-order chi connectivity index (χ1) is 11.5. The van der Waals surface area contributed by atoms with Crippen molar-refractivity contribution >= 4 is 22.8 Å². The summed E-state index contributed by atoms with van der Waals surface area (Å²) in [6.07, 6.45) is 0. The van der Waals surface area contributed by atoms with Gasteiger partial charge in [0.25, 0.3) is 5.56 Å². The van der Waals surface area contributed by atoms with Crippen LogP contribution >= 0.6 is 0 Å². The number of hydrogen-bond donors (Lipinski definition) is 2. The third-order valence-electron chi connectivity index (χ3n) is 3.33. The van der Waals surface area contributed by atoms with Crippen LogP contribution < -0.4 is 20.3 Å². The average Bonchev–Trinajstić information content (AvgIpc) is 2.58. The Morgan fingerprint density at radius 1 is 1.12 bits per heavy atom. The van der Waals surface area contributed by atoms with Gasteiger partial charge in [-0.05, 0) is 19.1 Å². The van der Waals surface area contributed by atoms with Gasteiger partial charge in [-0.1, -0.05) is 0 Å². The molecule has 2 rings (SSSR count). The molecule has 1 aromatic carbocycles. The molecular formula is C16H18N2O6. The van der Waals surface area contributed by atoms with E-state index in [9.17, 15) is 14.4 Å². The number of benzene rings is 1. The number of methoxy groups -OCH3 is 2. The maximum Gasteiger partial charge on any atom is 0.396 e. The second-order valence-corrected chi connectivity index (χ2v) is 4.82. The van der Waals surface area contributed by atoms with E-state index in [1.54, 1.807) is 25.1 Å². The van der Waals surface area contributed by atoms with Crippen LogP contribution in [0.1, 0.15) is 12.5 Å². The van der Waals surface area contributed by atoms with Crippen molar-refractivity contribution in [3.05, 3.63) is 34.1 Å². The number of carbonyl (C=O) groups excluding carboxylic acids is 2. The minimum atomic E-state index is -0.985. The van der Waals surface area contributed by atoms with E-state index in [1.807, 2.05) is 0 Å². The molecule has 0 aliphatic rings. The molecule has 0 atom stereocenters. The molecular weight excluding hydrogens is 316 g/mol. The number of ether oxygens (including phenoxy) is 3. The normalized spacial score (nSPS) is 10.3. The maximum absolute atomic E-state index is 12.1. The Morgan fingerprint density at radius 2 is 1.79 bits per heavy atom. The lowest BCUT2D eigenvalue weighted by Gasteiger charge is -2.10. The van der Waals surface area contributed by atoms with E-state index in [1.165, 1.54) is 14.2 Å². The van der Waals surface area contributed by atoms with Gasteiger partial charge in [-0.3, -0.25) is 9.59 Å². The van der Waals surface area contributed by atoms with Gasteiger partial charge in [0.15, 0.2) is 11.5 Å². The number of fused-ring (bicyclic) bond motifs is 1. The maximum atomic E-state index is 12.1. The molecule has 24 heavy (non-hydrogen) atoms. The summed E-state index contributed by atoms with van der Waals surface area (Å²) in [6.45, 7) is 1.60. The number of pyridine rings is 1. The Labute approximate surface area is 137 Å². The zero-order valence-corrected chi connectivity index (χ0v) is 13.6. The highest BCUT2D eigenvalue weighted by molar-refractivity contribution is 6.32. The lowest BCUT2D eigenvalue weighted by molar-refractivity contribution is -0.154. The Balaban J connectivity index is 2.28. The molecule has 0 spiro atoms. The molecule has 0 saturated carbocycles. The molecule has 1 amide bonds. The van der Waals surface area contributed by atoms with E-state index in [0.717, 1.165) is 0 Å².